The lowest BCUT2D eigenvalue weighted by atomic mass is 9.96. The monoisotopic (exact) mass is 326 g/mol. The molecule has 0 spiro atoms. The Morgan fingerprint density at radius 2 is 2.04 bits per heavy atom. The van der Waals surface area contributed by atoms with Gasteiger partial charge in [-0.25, -0.2) is 4.99 Å². The Labute approximate surface area is 141 Å². The lowest BCUT2D eigenvalue weighted by Crippen LogP contribution is -2.51. The lowest BCUT2D eigenvalue weighted by Gasteiger charge is -2.35. The van der Waals surface area contributed by atoms with Crippen molar-refractivity contribution in [3.05, 3.63) is 29.3 Å². The van der Waals surface area contributed by atoms with Gasteiger partial charge in [-0.05, 0) is 18.2 Å². The summed E-state index contributed by atoms with van der Waals surface area (Å²) < 4.78 is 0. The number of hydrogen-bond acceptors (Lipinski definition) is 7. The maximum Gasteiger partial charge on any atom is 0.161 e. The van der Waals surface area contributed by atoms with Crippen molar-refractivity contribution in [3.8, 4) is 0 Å². The Bertz CT molecular complexity index is 705. The summed E-state index contributed by atoms with van der Waals surface area (Å²) in [6.07, 6.45) is 0.877. The highest BCUT2D eigenvalue weighted by Crippen LogP contribution is 2.31. The number of carbonyl (C=O) groups is 1. The summed E-state index contributed by atoms with van der Waals surface area (Å²) in [5.74, 6) is 1.67. The Morgan fingerprint density at radius 3 is 2.79 bits per heavy atom. The fourth-order valence-electron chi connectivity index (χ4n) is 3.48. The third-order valence-corrected chi connectivity index (χ3v) is 4.90. The number of nitrogens with one attached hydrogen (secondary N) is 2. The van der Waals surface area contributed by atoms with Crippen LogP contribution in [0, 0.1) is 0 Å². The fourth-order valence-corrected chi connectivity index (χ4v) is 3.48. The van der Waals surface area contributed by atoms with Gasteiger partial charge in [-0.3, -0.25) is 10.3 Å². The average Bonchev–Trinajstić information content (AvgIpc) is 2.63. The molecule has 3 heterocycles. The van der Waals surface area contributed by atoms with Gasteiger partial charge in [0.05, 0.1) is 17.8 Å². The van der Waals surface area contributed by atoms with E-state index in [1.807, 2.05) is 18.2 Å². The first kappa shape index (κ1) is 15.3. The average molecular weight is 326 g/mol. The molecule has 7 heteroatoms. The third-order valence-electron chi connectivity index (χ3n) is 4.90. The van der Waals surface area contributed by atoms with Crippen LogP contribution in [-0.4, -0.2) is 67.0 Å². The van der Waals surface area contributed by atoms with Crippen molar-refractivity contribution < 1.29 is 4.79 Å². The second kappa shape index (κ2) is 6.33. The molecular formula is C17H22N6O. The van der Waals surface area contributed by atoms with Gasteiger partial charge in [0, 0.05) is 26.2 Å². The van der Waals surface area contributed by atoms with Crippen molar-refractivity contribution in [2.75, 3.05) is 39.3 Å². The van der Waals surface area contributed by atoms with E-state index in [0.29, 0.717) is 0 Å². The van der Waals surface area contributed by atoms with Crippen LogP contribution in [0.15, 0.2) is 28.3 Å². The Kier molecular flexibility index (Phi) is 4.03. The SMILES string of the molecule is CCN1CCN(CC2=Nc3cccc4c3C(=NNC4C=O)N2)CC1. The van der Waals surface area contributed by atoms with E-state index in [2.05, 4.69) is 32.6 Å². The highest BCUT2D eigenvalue weighted by Gasteiger charge is 2.29. The zero-order valence-corrected chi connectivity index (χ0v) is 13.8. The molecule has 1 atom stereocenters. The number of amidine groups is 2. The molecule has 4 rings (SSSR count). The number of benzene rings is 1. The van der Waals surface area contributed by atoms with Crippen LogP contribution in [0.3, 0.4) is 0 Å². The zero-order valence-electron chi connectivity index (χ0n) is 13.8. The van der Waals surface area contributed by atoms with Gasteiger partial charge in [0.1, 0.15) is 18.2 Å². The highest BCUT2D eigenvalue weighted by molar-refractivity contribution is 6.17. The topological polar surface area (TPSA) is 72.3 Å². The summed E-state index contributed by atoms with van der Waals surface area (Å²) in [5, 5.41) is 7.67. The Hall–Kier alpha value is -2.25. The molecule has 3 aliphatic heterocycles. The van der Waals surface area contributed by atoms with Crippen molar-refractivity contribution in [1.82, 2.24) is 20.5 Å². The quantitative estimate of drug-likeness (QED) is 0.787. The molecule has 1 aromatic carbocycles. The Morgan fingerprint density at radius 1 is 1.25 bits per heavy atom. The van der Waals surface area contributed by atoms with Crippen LogP contribution in [0.4, 0.5) is 5.69 Å². The van der Waals surface area contributed by atoms with Crippen LogP contribution in [0.25, 0.3) is 0 Å². The lowest BCUT2D eigenvalue weighted by molar-refractivity contribution is -0.109. The summed E-state index contributed by atoms with van der Waals surface area (Å²) in [4.78, 5) is 20.9. The van der Waals surface area contributed by atoms with Gasteiger partial charge in [0.15, 0.2) is 5.84 Å². The van der Waals surface area contributed by atoms with Gasteiger partial charge in [-0.15, -0.1) is 0 Å². The molecule has 3 aliphatic rings. The van der Waals surface area contributed by atoms with Crippen molar-refractivity contribution in [1.29, 1.82) is 0 Å². The number of hydrazone groups is 1. The van der Waals surface area contributed by atoms with Crippen LogP contribution in [-0.2, 0) is 4.79 Å². The van der Waals surface area contributed by atoms with Crippen LogP contribution >= 0.6 is 0 Å². The first-order valence-electron chi connectivity index (χ1n) is 8.49. The van der Waals surface area contributed by atoms with Gasteiger partial charge in [-0.1, -0.05) is 19.1 Å². The summed E-state index contributed by atoms with van der Waals surface area (Å²) in [5.41, 5.74) is 5.66. The molecule has 0 saturated carbocycles. The molecule has 24 heavy (non-hydrogen) atoms. The number of nitrogens with zero attached hydrogens (tertiary/aromatic N) is 4. The standard InChI is InChI=1S/C17H22N6O/c1-2-22-6-8-23(9-7-22)10-15-18-13-5-3-4-12-14(11-24)20-21-17(19-15)16(12)13/h3-5,11,14,20H,2,6-10H2,1H3,(H,18,19,21). The second-order valence-corrected chi connectivity index (χ2v) is 6.34. The molecule has 2 N–H and O–H groups in total. The van der Waals surface area contributed by atoms with E-state index in [9.17, 15) is 4.79 Å². The predicted molar refractivity (Wildman–Crippen MR) is 93.7 cm³/mol. The van der Waals surface area contributed by atoms with Gasteiger partial charge in [-0.2, -0.15) is 5.10 Å². The van der Waals surface area contributed by atoms with Crippen LogP contribution < -0.4 is 10.7 Å². The van der Waals surface area contributed by atoms with E-state index in [1.54, 1.807) is 0 Å². The number of likely N-dealkylation sites (N-methyl/N-ethyl adjacent to an activating group) is 1. The van der Waals surface area contributed by atoms with Crippen LogP contribution in [0.2, 0.25) is 0 Å². The smallest absolute Gasteiger partial charge is 0.161 e. The van der Waals surface area contributed by atoms with Gasteiger partial charge < -0.3 is 15.0 Å². The van der Waals surface area contributed by atoms with Crippen molar-refractivity contribution in [2.45, 2.75) is 13.0 Å². The number of aliphatic imine (C=N–C) groups is 1. The maximum absolute atomic E-state index is 11.2. The number of hydrogen-bond donors (Lipinski definition) is 2. The van der Waals surface area contributed by atoms with E-state index in [0.717, 1.165) is 74.0 Å². The van der Waals surface area contributed by atoms with E-state index in [4.69, 9.17) is 4.99 Å². The largest absolute Gasteiger partial charge is 0.325 e. The molecule has 0 aliphatic carbocycles. The van der Waals surface area contributed by atoms with Crippen molar-refractivity contribution in [2.24, 2.45) is 10.1 Å². The maximum atomic E-state index is 11.2. The summed E-state index contributed by atoms with van der Waals surface area (Å²) >= 11 is 0. The minimum Gasteiger partial charge on any atom is -0.325 e. The van der Waals surface area contributed by atoms with Crippen LogP contribution in [0.1, 0.15) is 24.1 Å². The molecule has 7 nitrogen and oxygen atoms in total. The van der Waals surface area contributed by atoms with Gasteiger partial charge in [0.2, 0.25) is 0 Å². The molecule has 1 unspecified atom stereocenters. The fraction of sp³-hybridized carbons (Fsp3) is 0.471. The number of aldehydes is 1. The molecule has 126 valence electrons. The van der Waals surface area contributed by atoms with E-state index in [1.165, 1.54) is 0 Å². The van der Waals surface area contributed by atoms with E-state index in [-0.39, 0.29) is 0 Å². The van der Waals surface area contributed by atoms with Gasteiger partial charge >= 0.3 is 0 Å². The zero-order chi connectivity index (χ0) is 16.5. The van der Waals surface area contributed by atoms with E-state index < -0.39 is 6.04 Å². The molecule has 1 fully saturated rings. The molecule has 0 amide bonds. The third kappa shape index (κ3) is 2.70. The minimum atomic E-state index is -0.399. The number of carbonyl (C=O) groups excluding carboxylic acids is 1. The van der Waals surface area contributed by atoms with Crippen LogP contribution in [0.5, 0.6) is 0 Å². The molecule has 1 saturated heterocycles. The minimum absolute atomic E-state index is 0.399. The summed E-state index contributed by atoms with van der Waals surface area (Å²) in [6.45, 7) is 8.43. The van der Waals surface area contributed by atoms with Gasteiger partial charge in [0.25, 0.3) is 0 Å². The van der Waals surface area contributed by atoms with Crippen molar-refractivity contribution in [3.63, 3.8) is 0 Å². The number of piperazine rings is 1. The first-order chi connectivity index (χ1) is 11.8. The molecule has 0 aromatic heterocycles. The van der Waals surface area contributed by atoms with Crippen molar-refractivity contribution >= 4 is 23.6 Å². The van der Waals surface area contributed by atoms with E-state index >= 15 is 0 Å². The Balaban J connectivity index is 1.56. The molecule has 0 bridgehead atoms. The second-order valence-electron chi connectivity index (χ2n) is 6.34. The summed E-state index contributed by atoms with van der Waals surface area (Å²) in [6, 6.07) is 5.48. The molecular weight excluding hydrogens is 304 g/mol. The molecule has 0 radical (unpaired) electrons. The summed E-state index contributed by atoms with van der Waals surface area (Å²) in [7, 11) is 0. The highest BCUT2D eigenvalue weighted by atomic mass is 16.1. The normalized spacial score (nSPS) is 23.5. The predicted octanol–water partition coefficient (Wildman–Crippen LogP) is 0.462. The molecule has 1 aromatic rings. The first-order valence-corrected chi connectivity index (χ1v) is 8.49. The number of rotatable bonds is 4.